The van der Waals surface area contributed by atoms with Crippen LogP contribution in [-0.2, 0) is 14.3 Å². The number of rotatable bonds is 5. The average Bonchev–Trinajstić information content (AvgIpc) is 2.51. The van der Waals surface area contributed by atoms with Gasteiger partial charge >= 0.3 is 12.0 Å². The summed E-state index contributed by atoms with van der Waals surface area (Å²) < 4.78 is 10.6. The van der Waals surface area contributed by atoms with E-state index in [1.165, 1.54) is 0 Å². The number of urea groups is 1. The summed E-state index contributed by atoms with van der Waals surface area (Å²) >= 11 is 0. The molecule has 2 heterocycles. The van der Waals surface area contributed by atoms with Crippen LogP contribution in [0.4, 0.5) is 4.79 Å². The van der Waals surface area contributed by atoms with Crippen molar-refractivity contribution in [3.05, 3.63) is 41.5 Å². The van der Waals surface area contributed by atoms with Gasteiger partial charge in [0.15, 0.2) is 0 Å². The van der Waals surface area contributed by atoms with Crippen molar-refractivity contribution >= 4 is 17.9 Å². The van der Waals surface area contributed by atoms with E-state index >= 15 is 0 Å². The molecule has 1 atom stereocenters. The summed E-state index contributed by atoms with van der Waals surface area (Å²) in [7, 11) is 0. The third kappa shape index (κ3) is 3.50. The number of ether oxygens (including phenoxy) is 2. The second-order valence-electron chi connectivity index (χ2n) is 5.26. The van der Waals surface area contributed by atoms with Crippen molar-refractivity contribution in [2.45, 2.75) is 25.5 Å². The summed E-state index contributed by atoms with van der Waals surface area (Å²) in [5.41, 5.74) is 1.00. The molecule has 0 radical (unpaired) electrons. The van der Waals surface area contributed by atoms with Crippen LogP contribution in [0.15, 0.2) is 41.5 Å². The molecule has 0 spiro atoms. The zero-order valence-electron chi connectivity index (χ0n) is 12.3. The zero-order valence-corrected chi connectivity index (χ0v) is 12.3. The number of fused-ring (bicyclic) bond motifs is 1. The molecular formula is C16H16N2O5. The van der Waals surface area contributed by atoms with Crippen molar-refractivity contribution in [2.75, 3.05) is 6.61 Å². The van der Waals surface area contributed by atoms with Crippen molar-refractivity contribution in [1.82, 2.24) is 10.6 Å². The highest BCUT2D eigenvalue weighted by molar-refractivity contribution is 6.08. The second kappa shape index (κ2) is 6.51. The molecule has 0 aliphatic carbocycles. The van der Waals surface area contributed by atoms with Gasteiger partial charge in [-0.3, -0.25) is 20.2 Å². The first kappa shape index (κ1) is 15.1. The van der Waals surface area contributed by atoms with Gasteiger partial charge < -0.3 is 9.47 Å². The molecular weight excluding hydrogens is 300 g/mol. The van der Waals surface area contributed by atoms with E-state index in [1.807, 2.05) is 30.3 Å². The van der Waals surface area contributed by atoms with Crippen molar-refractivity contribution in [1.29, 1.82) is 0 Å². The molecule has 7 nitrogen and oxygen atoms in total. The van der Waals surface area contributed by atoms with Crippen LogP contribution in [-0.4, -0.2) is 30.7 Å². The van der Waals surface area contributed by atoms with Crippen LogP contribution < -0.4 is 15.4 Å². The number of para-hydroxylation sites is 1. The van der Waals surface area contributed by atoms with Crippen molar-refractivity contribution in [3.8, 4) is 5.75 Å². The van der Waals surface area contributed by atoms with Crippen LogP contribution in [0.5, 0.6) is 5.75 Å². The van der Waals surface area contributed by atoms with Gasteiger partial charge in [0.1, 0.15) is 5.75 Å². The maximum atomic E-state index is 12.0. The molecule has 2 N–H and O–H groups in total. The lowest BCUT2D eigenvalue weighted by atomic mass is 9.95. The third-order valence-corrected chi connectivity index (χ3v) is 3.62. The Morgan fingerprint density at radius 2 is 1.96 bits per heavy atom. The monoisotopic (exact) mass is 316 g/mol. The van der Waals surface area contributed by atoms with Crippen molar-refractivity contribution in [3.63, 3.8) is 0 Å². The Morgan fingerprint density at radius 1 is 1.17 bits per heavy atom. The Labute approximate surface area is 132 Å². The normalized spacial score (nSPS) is 20.3. The van der Waals surface area contributed by atoms with E-state index in [0.29, 0.717) is 30.6 Å². The van der Waals surface area contributed by atoms with Crippen LogP contribution in [0, 0.1) is 0 Å². The minimum absolute atomic E-state index is 0.0560. The Bertz CT molecular complexity index is 668. The van der Waals surface area contributed by atoms with Gasteiger partial charge in [-0.2, -0.15) is 0 Å². The summed E-state index contributed by atoms with van der Waals surface area (Å²) in [5.74, 6) is -0.188. The quantitative estimate of drug-likeness (QED) is 0.630. The molecule has 2 aliphatic rings. The number of imide groups is 1. The van der Waals surface area contributed by atoms with Crippen LogP contribution in [0.1, 0.15) is 19.3 Å². The first-order chi connectivity index (χ1) is 11.1. The van der Waals surface area contributed by atoms with E-state index in [-0.39, 0.29) is 6.42 Å². The summed E-state index contributed by atoms with van der Waals surface area (Å²) in [4.78, 5) is 34.9. The number of hydrogen-bond acceptors (Lipinski definition) is 5. The molecule has 1 unspecified atom stereocenters. The van der Waals surface area contributed by atoms with Gasteiger partial charge in [0, 0.05) is 0 Å². The summed E-state index contributed by atoms with van der Waals surface area (Å²) in [6.07, 6.45) is 0.245. The molecule has 0 saturated carbocycles. The number of hydrogen-bond donors (Lipinski definition) is 2. The van der Waals surface area contributed by atoms with E-state index in [1.54, 1.807) is 0 Å². The Hall–Kier alpha value is -2.83. The van der Waals surface area contributed by atoms with Crippen LogP contribution in [0.25, 0.3) is 0 Å². The van der Waals surface area contributed by atoms with Crippen LogP contribution in [0.3, 0.4) is 0 Å². The van der Waals surface area contributed by atoms with E-state index in [9.17, 15) is 14.4 Å². The Balaban J connectivity index is 1.63. The molecule has 3 amide bonds. The first-order valence-electron chi connectivity index (χ1n) is 7.34. The van der Waals surface area contributed by atoms with E-state index < -0.39 is 24.1 Å². The highest BCUT2D eigenvalue weighted by atomic mass is 16.6. The fraction of sp³-hybridized carbons (Fsp3) is 0.312. The molecule has 0 bridgehead atoms. The lowest BCUT2D eigenvalue weighted by molar-refractivity contribution is -0.150. The number of esters is 1. The van der Waals surface area contributed by atoms with Crippen molar-refractivity contribution in [2.24, 2.45) is 0 Å². The lowest BCUT2D eigenvalue weighted by Gasteiger charge is -2.31. The molecule has 1 saturated heterocycles. The van der Waals surface area contributed by atoms with Gasteiger partial charge in [-0.15, -0.1) is 0 Å². The highest BCUT2D eigenvalue weighted by Gasteiger charge is 2.38. The molecule has 1 aromatic rings. The number of nitrogens with one attached hydrogen (secondary N) is 2. The lowest BCUT2D eigenvalue weighted by Crippen LogP contribution is -2.57. The summed E-state index contributed by atoms with van der Waals surface area (Å²) in [6.45, 7) is 0.467. The first-order valence-corrected chi connectivity index (χ1v) is 7.34. The molecule has 1 aromatic carbocycles. The SMILES string of the molecule is O=C1NC(=O)C2=C(CCCOc3ccccc3)CC(=O)OC2N1. The zero-order chi connectivity index (χ0) is 16.2. The predicted molar refractivity (Wildman–Crippen MR) is 79.4 cm³/mol. The fourth-order valence-corrected chi connectivity index (χ4v) is 2.61. The molecule has 1 fully saturated rings. The maximum Gasteiger partial charge on any atom is 0.324 e. The van der Waals surface area contributed by atoms with Crippen LogP contribution >= 0.6 is 0 Å². The summed E-state index contributed by atoms with van der Waals surface area (Å²) in [5, 5.41) is 4.59. The number of carbonyl (C=O) groups is 3. The van der Waals surface area contributed by atoms with Crippen LogP contribution in [0.2, 0.25) is 0 Å². The molecule has 7 heteroatoms. The standard InChI is InChI=1S/C16H16N2O5/c19-12-9-10(5-4-8-22-11-6-2-1-3-7-11)13-14(20)17-16(21)18-15(13)23-12/h1-3,6-7,15H,4-5,8-9H2,(H2,17,18,20,21). The molecule has 3 rings (SSSR count). The van der Waals surface area contributed by atoms with Gasteiger partial charge in [-0.1, -0.05) is 18.2 Å². The topological polar surface area (TPSA) is 93.7 Å². The summed E-state index contributed by atoms with van der Waals surface area (Å²) in [6, 6.07) is 8.74. The van der Waals surface area contributed by atoms with Gasteiger partial charge in [-0.25, -0.2) is 4.79 Å². The number of amides is 3. The predicted octanol–water partition coefficient (Wildman–Crippen LogP) is 1.25. The van der Waals surface area contributed by atoms with E-state index in [4.69, 9.17) is 9.47 Å². The molecule has 23 heavy (non-hydrogen) atoms. The highest BCUT2D eigenvalue weighted by Crippen LogP contribution is 2.26. The molecule has 0 aromatic heterocycles. The van der Waals surface area contributed by atoms with Gasteiger partial charge in [-0.05, 0) is 30.5 Å². The third-order valence-electron chi connectivity index (χ3n) is 3.62. The minimum Gasteiger partial charge on any atom is -0.494 e. The Kier molecular flexibility index (Phi) is 4.27. The average molecular weight is 316 g/mol. The van der Waals surface area contributed by atoms with Gasteiger partial charge in [0.25, 0.3) is 5.91 Å². The largest absolute Gasteiger partial charge is 0.494 e. The Morgan fingerprint density at radius 3 is 2.74 bits per heavy atom. The fourth-order valence-electron chi connectivity index (χ4n) is 2.61. The molecule has 2 aliphatic heterocycles. The second-order valence-corrected chi connectivity index (χ2v) is 5.26. The van der Waals surface area contributed by atoms with Crippen molar-refractivity contribution < 1.29 is 23.9 Å². The number of carbonyl (C=O) groups excluding carboxylic acids is 3. The number of benzene rings is 1. The maximum absolute atomic E-state index is 12.0. The van der Waals surface area contributed by atoms with E-state index in [2.05, 4.69) is 10.6 Å². The van der Waals surface area contributed by atoms with E-state index in [0.717, 1.165) is 5.75 Å². The smallest absolute Gasteiger partial charge is 0.324 e. The van der Waals surface area contributed by atoms with Gasteiger partial charge in [0.05, 0.1) is 18.6 Å². The molecule has 120 valence electrons. The minimum atomic E-state index is -0.984. The van der Waals surface area contributed by atoms with Gasteiger partial charge in [0.2, 0.25) is 6.23 Å².